The second kappa shape index (κ2) is 12.1. The highest BCUT2D eigenvalue weighted by molar-refractivity contribution is 8.04. The molecule has 2 unspecified atom stereocenters. The highest BCUT2D eigenvalue weighted by Gasteiger charge is 2.29. The summed E-state index contributed by atoms with van der Waals surface area (Å²) in [7, 11) is -8.21. The van der Waals surface area contributed by atoms with Crippen molar-refractivity contribution in [2.24, 2.45) is 5.73 Å². The van der Waals surface area contributed by atoms with E-state index in [2.05, 4.69) is 0 Å². The number of sulfonamides is 2. The van der Waals surface area contributed by atoms with Crippen molar-refractivity contribution in [2.45, 2.75) is 81.6 Å². The zero-order chi connectivity index (χ0) is 27.1. The summed E-state index contributed by atoms with van der Waals surface area (Å²) < 4.78 is 60.2. The van der Waals surface area contributed by atoms with Crippen LogP contribution in [0.2, 0.25) is 0 Å². The summed E-state index contributed by atoms with van der Waals surface area (Å²) in [4.78, 5) is 11.5. The SMILES string of the molecule is CC(OC(C)(C)C)C(N)C(=O)OC(C)(C)C.O=S(=O)(NS(=O)(=O)c1ccccc1)c1ccccc1. The predicted octanol–water partition coefficient (Wildman–Crippen LogP) is 3.21. The fourth-order valence-electron chi connectivity index (χ4n) is 2.63. The van der Waals surface area contributed by atoms with Crippen molar-refractivity contribution in [1.82, 2.24) is 4.13 Å². The van der Waals surface area contributed by atoms with E-state index in [0.717, 1.165) is 0 Å². The molecule has 2 rings (SSSR count). The lowest BCUT2D eigenvalue weighted by Gasteiger charge is -2.29. The molecule has 0 fully saturated rings. The molecule has 3 N–H and O–H groups in total. The second-order valence-electron chi connectivity index (χ2n) is 9.71. The van der Waals surface area contributed by atoms with Gasteiger partial charge in [-0.15, -0.1) is 4.13 Å². The third kappa shape index (κ3) is 11.3. The van der Waals surface area contributed by atoms with Crippen LogP contribution in [0.1, 0.15) is 48.5 Å². The minimum Gasteiger partial charge on any atom is -0.459 e. The van der Waals surface area contributed by atoms with Crippen LogP contribution in [0, 0.1) is 0 Å². The predicted molar refractivity (Wildman–Crippen MR) is 135 cm³/mol. The molecule has 35 heavy (non-hydrogen) atoms. The first-order chi connectivity index (χ1) is 15.8. The molecule has 0 aliphatic rings. The lowest BCUT2D eigenvalue weighted by molar-refractivity contribution is -0.162. The third-order valence-corrected chi connectivity index (χ3v) is 7.59. The number of nitrogens with two attached hydrogens (primary N) is 1. The first-order valence-corrected chi connectivity index (χ1v) is 13.9. The van der Waals surface area contributed by atoms with Gasteiger partial charge in [0.2, 0.25) is 0 Å². The molecular weight excluding hydrogens is 492 g/mol. The van der Waals surface area contributed by atoms with Gasteiger partial charge in [0.25, 0.3) is 20.0 Å². The molecule has 0 aliphatic heterocycles. The number of benzene rings is 2. The second-order valence-corrected chi connectivity index (χ2v) is 13.3. The van der Waals surface area contributed by atoms with E-state index in [0.29, 0.717) is 0 Å². The van der Waals surface area contributed by atoms with E-state index in [4.69, 9.17) is 15.2 Å². The number of nitrogens with one attached hydrogen (secondary N) is 1. The monoisotopic (exact) mass is 528 g/mol. The quantitative estimate of drug-likeness (QED) is 0.522. The van der Waals surface area contributed by atoms with Gasteiger partial charge in [0, 0.05) is 0 Å². The summed E-state index contributed by atoms with van der Waals surface area (Å²) in [5.41, 5.74) is 4.94. The number of carbonyl (C=O) groups excluding carboxylic acids is 1. The number of esters is 1. The fourth-order valence-corrected chi connectivity index (χ4v) is 5.59. The third-order valence-electron chi connectivity index (χ3n) is 4.05. The van der Waals surface area contributed by atoms with Crippen LogP contribution in [0.15, 0.2) is 70.5 Å². The molecule has 9 nitrogen and oxygen atoms in total. The fraction of sp³-hybridized carbons (Fsp3) is 0.458. The summed E-state index contributed by atoms with van der Waals surface area (Å²) in [6, 6.07) is 13.9. The molecule has 0 aromatic heterocycles. The zero-order valence-corrected chi connectivity index (χ0v) is 22.8. The molecule has 11 heteroatoms. The molecule has 0 radical (unpaired) electrons. The molecule has 0 spiro atoms. The van der Waals surface area contributed by atoms with Crippen molar-refractivity contribution >= 4 is 26.0 Å². The van der Waals surface area contributed by atoms with Crippen LogP contribution in [-0.4, -0.2) is 46.2 Å². The normalized spacial score (nSPS) is 14.3. The Morgan fingerprint density at radius 3 is 1.46 bits per heavy atom. The maximum atomic E-state index is 11.9. The van der Waals surface area contributed by atoms with Crippen molar-refractivity contribution in [3.8, 4) is 0 Å². The molecule has 196 valence electrons. The Hall–Kier alpha value is -2.31. The standard InChI is InChI=1S/C12H11NO4S2.C12H25NO3/c14-18(15,11-7-3-1-4-8-11)13-19(16,17)12-9-5-2-6-10-12;1-8(15-11(2,3)4)9(13)10(14)16-12(5,6)7/h1-10,13H;8-9H,13H2,1-7H3. The molecule has 2 atom stereocenters. The smallest absolute Gasteiger partial charge is 0.326 e. The maximum absolute atomic E-state index is 11.9. The minimum atomic E-state index is -4.10. The van der Waals surface area contributed by atoms with E-state index in [9.17, 15) is 21.6 Å². The minimum absolute atomic E-state index is 0.102. The van der Waals surface area contributed by atoms with Crippen LogP contribution in [0.25, 0.3) is 0 Å². The van der Waals surface area contributed by atoms with Crippen molar-refractivity contribution in [2.75, 3.05) is 0 Å². The Labute approximate surface area is 209 Å². The van der Waals surface area contributed by atoms with Gasteiger partial charge in [-0.2, -0.15) is 0 Å². The number of rotatable bonds is 7. The van der Waals surface area contributed by atoms with Gasteiger partial charge in [-0.05, 0) is 72.7 Å². The zero-order valence-electron chi connectivity index (χ0n) is 21.2. The lowest BCUT2D eigenvalue weighted by Crippen LogP contribution is -2.47. The first kappa shape index (κ1) is 30.7. The van der Waals surface area contributed by atoms with Gasteiger partial charge in [0.1, 0.15) is 11.6 Å². The van der Waals surface area contributed by atoms with Crippen molar-refractivity contribution < 1.29 is 31.1 Å². The molecule has 0 saturated heterocycles. The maximum Gasteiger partial charge on any atom is 0.326 e. The van der Waals surface area contributed by atoms with Crippen molar-refractivity contribution in [3.05, 3.63) is 60.7 Å². The van der Waals surface area contributed by atoms with Crippen LogP contribution >= 0.6 is 0 Å². The van der Waals surface area contributed by atoms with Gasteiger partial charge < -0.3 is 15.2 Å². The molecule has 0 amide bonds. The van der Waals surface area contributed by atoms with E-state index in [-0.39, 0.29) is 21.5 Å². The number of carbonyl (C=O) groups is 1. The average molecular weight is 529 g/mol. The lowest BCUT2D eigenvalue weighted by atomic mass is 10.1. The van der Waals surface area contributed by atoms with E-state index in [1.807, 2.05) is 41.5 Å². The van der Waals surface area contributed by atoms with Gasteiger partial charge in [-0.1, -0.05) is 36.4 Å². The van der Waals surface area contributed by atoms with Crippen molar-refractivity contribution in [3.63, 3.8) is 0 Å². The summed E-state index contributed by atoms with van der Waals surface area (Å²) >= 11 is 0. The molecule has 0 heterocycles. The topological polar surface area (TPSA) is 142 Å². The van der Waals surface area contributed by atoms with E-state index in [1.165, 1.54) is 48.5 Å². The van der Waals surface area contributed by atoms with Crippen LogP contribution < -0.4 is 9.86 Å². The molecule has 2 aromatic rings. The Morgan fingerprint density at radius 2 is 1.14 bits per heavy atom. The van der Waals surface area contributed by atoms with E-state index >= 15 is 0 Å². The summed E-state index contributed by atoms with van der Waals surface area (Å²) in [6.45, 7) is 13.0. The molecular formula is C24H36N2O7S2. The van der Waals surface area contributed by atoms with Gasteiger partial charge in [0.15, 0.2) is 0 Å². The summed E-state index contributed by atoms with van der Waals surface area (Å²) in [5, 5.41) is 0. The Balaban J connectivity index is 0.000000357. The summed E-state index contributed by atoms with van der Waals surface area (Å²) in [5.74, 6) is -0.427. The number of hydrogen-bond acceptors (Lipinski definition) is 8. The van der Waals surface area contributed by atoms with Crippen molar-refractivity contribution in [1.29, 1.82) is 0 Å². The highest BCUT2D eigenvalue weighted by atomic mass is 32.3. The van der Waals surface area contributed by atoms with Crippen LogP contribution in [0.5, 0.6) is 0 Å². The molecule has 0 aliphatic carbocycles. The van der Waals surface area contributed by atoms with Gasteiger partial charge in [-0.25, -0.2) is 16.8 Å². The van der Waals surface area contributed by atoms with Crippen LogP contribution in [0.4, 0.5) is 0 Å². The average Bonchev–Trinajstić information content (AvgIpc) is 2.72. The van der Waals surface area contributed by atoms with Crippen LogP contribution in [0.3, 0.4) is 0 Å². The van der Waals surface area contributed by atoms with Crippen LogP contribution in [-0.2, 0) is 34.3 Å². The summed E-state index contributed by atoms with van der Waals surface area (Å²) in [6.07, 6.45) is -0.366. The first-order valence-electron chi connectivity index (χ1n) is 10.9. The highest BCUT2D eigenvalue weighted by Crippen LogP contribution is 2.15. The molecule has 0 saturated carbocycles. The van der Waals surface area contributed by atoms with E-state index in [1.54, 1.807) is 23.2 Å². The Morgan fingerprint density at radius 1 is 0.771 bits per heavy atom. The number of ether oxygens (including phenoxy) is 2. The van der Waals surface area contributed by atoms with E-state index < -0.39 is 37.7 Å². The molecule has 2 aromatic carbocycles. The van der Waals surface area contributed by atoms with Gasteiger partial charge in [0.05, 0.1) is 21.5 Å². The Bertz CT molecular complexity index is 1090. The van der Waals surface area contributed by atoms with Gasteiger partial charge >= 0.3 is 5.97 Å². The molecule has 0 bridgehead atoms. The Kier molecular flexibility index (Phi) is 10.6. The largest absolute Gasteiger partial charge is 0.459 e. The number of hydrogen-bond donors (Lipinski definition) is 2. The van der Waals surface area contributed by atoms with Gasteiger partial charge in [-0.3, -0.25) is 4.79 Å².